The molecule has 0 spiro atoms. The molecule has 5 heteroatoms. The molecule has 1 atom stereocenters. The molecular formula is C12H14O5. The molecule has 0 saturated heterocycles. The molecule has 5 nitrogen and oxygen atoms in total. The number of methoxy groups -OCH3 is 1. The lowest BCUT2D eigenvalue weighted by molar-refractivity contribution is -0.148. The van der Waals surface area contributed by atoms with E-state index in [9.17, 15) is 9.59 Å². The van der Waals surface area contributed by atoms with Gasteiger partial charge in [-0.3, -0.25) is 0 Å². The van der Waals surface area contributed by atoms with Gasteiger partial charge in [-0.05, 0) is 24.6 Å². The third kappa shape index (κ3) is 3.48. The van der Waals surface area contributed by atoms with Gasteiger partial charge in [-0.2, -0.15) is 0 Å². The molecular weight excluding hydrogens is 224 g/mol. The standard InChI is InChI=1S/C12H14O5/c1-3-10(12(15)16-2)17-9-6-4-5-8(7-9)11(13)14/h4-7,10H,3H2,1-2H3,(H,13,14). The van der Waals surface area contributed by atoms with Gasteiger partial charge >= 0.3 is 11.9 Å². The highest BCUT2D eigenvalue weighted by Gasteiger charge is 2.19. The minimum absolute atomic E-state index is 0.113. The van der Waals surface area contributed by atoms with Crippen molar-refractivity contribution in [3.05, 3.63) is 29.8 Å². The highest BCUT2D eigenvalue weighted by molar-refractivity contribution is 5.88. The lowest BCUT2D eigenvalue weighted by Crippen LogP contribution is -2.27. The molecule has 0 heterocycles. The van der Waals surface area contributed by atoms with E-state index in [0.717, 1.165) is 0 Å². The Bertz CT molecular complexity index is 413. The summed E-state index contributed by atoms with van der Waals surface area (Å²) in [6.07, 6.45) is -0.270. The van der Waals surface area contributed by atoms with Crippen molar-refractivity contribution in [3.63, 3.8) is 0 Å². The molecule has 0 aliphatic rings. The summed E-state index contributed by atoms with van der Waals surface area (Å²) in [6.45, 7) is 1.78. The van der Waals surface area contributed by atoms with E-state index < -0.39 is 18.0 Å². The summed E-state index contributed by atoms with van der Waals surface area (Å²) in [7, 11) is 1.28. The Morgan fingerprint density at radius 2 is 2.12 bits per heavy atom. The molecule has 0 aromatic heterocycles. The average molecular weight is 238 g/mol. The van der Waals surface area contributed by atoms with Crippen LogP contribution in [0, 0.1) is 0 Å². The number of carbonyl (C=O) groups is 2. The van der Waals surface area contributed by atoms with Crippen molar-refractivity contribution < 1.29 is 24.2 Å². The second kappa shape index (κ2) is 5.89. The van der Waals surface area contributed by atoms with Crippen molar-refractivity contribution >= 4 is 11.9 Å². The summed E-state index contributed by atoms with van der Waals surface area (Å²) in [6, 6.07) is 5.98. The van der Waals surface area contributed by atoms with Gasteiger partial charge in [0.25, 0.3) is 0 Å². The maximum atomic E-state index is 11.3. The minimum atomic E-state index is -1.04. The second-order valence-corrected chi connectivity index (χ2v) is 3.37. The number of carbonyl (C=O) groups excluding carboxylic acids is 1. The van der Waals surface area contributed by atoms with E-state index in [1.807, 2.05) is 0 Å². The van der Waals surface area contributed by atoms with Gasteiger partial charge in [0.1, 0.15) is 5.75 Å². The fraction of sp³-hybridized carbons (Fsp3) is 0.333. The topological polar surface area (TPSA) is 72.8 Å². The number of ether oxygens (including phenoxy) is 2. The van der Waals surface area contributed by atoms with Gasteiger partial charge in [-0.25, -0.2) is 9.59 Å². The van der Waals surface area contributed by atoms with E-state index in [1.165, 1.54) is 19.2 Å². The SMILES string of the molecule is CCC(Oc1cccc(C(=O)O)c1)C(=O)OC. The Morgan fingerprint density at radius 3 is 2.65 bits per heavy atom. The molecule has 0 radical (unpaired) electrons. The van der Waals surface area contributed by atoms with Crippen molar-refractivity contribution in [3.8, 4) is 5.75 Å². The molecule has 0 fully saturated rings. The van der Waals surface area contributed by atoms with Crippen LogP contribution < -0.4 is 4.74 Å². The molecule has 0 amide bonds. The van der Waals surface area contributed by atoms with Crippen LogP contribution in [0.5, 0.6) is 5.75 Å². The van der Waals surface area contributed by atoms with Crippen LogP contribution in [-0.4, -0.2) is 30.3 Å². The highest BCUT2D eigenvalue weighted by atomic mass is 16.6. The number of benzene rings is 1. The van der Waals surface area contributed by atoms with Crippen molar-refractivity contribution in [1.29, 1.82) is 0 Å². The van der Waals surface area contributed by atoms with E-state index in [4.69, 9.17) is 9.84 Å². The minimum Gasteiger partial charge on any atom is -0.479 e. The summed E-state index contributed by atoms with van der Waals surface area (Å²) < 4.78 is 9.94. The van der Waals surface area contributed by atoms with E-state index in [-0.39, 0.29) is 5.56 Å². The zero-order valence-electron chi connectivity index (χ0n) is 9.67. The number of carboxylic acid groups (broad SMARTS) is 1. The Kier molecular flexibility index (Phi) is 4.51. The maximum Gasteiger partial charge on any atom is 0.347 e. The van der Waals surface area contributed by atoms with Gasteiger partial charge in [-0.1, -0.05) is 13.0 Å². The summed E-state index contributed by atoms with van der Waals surface area (Å²) in [5.74, 6) is -1.18. The first kappa shape index (κ1) is 13.0. The molecule has 0 aliphatic heterocycles. The van der Waals surface area contributed by atoms with Crippen LogP contribution in [0.1, 0.15) is 23.7 Å². The third-order valence-electron chi connectivity index (χ3n) is 2.19. The lowest BCUT2D eigenvalue weighted by atomic mass is 10.2. The highest BCUT2D eigenvalue weighted by Crippen LogP contribution is 2.16. The predicted octanol–water partition coefficient (Wildman–Crippen LogP) is 1.72. The van der Waals surface area contributed by atoms with Gasteiger partial charge in [0.15, 0.2) is 6.10 Å². The largest absolute Gasteiger partial charge is 0.479 e. The zero-order valence-corrected chi connectivity index (χ0v) is 9.67. The van der Waals surface area contributed by atoms with Crippen LogP contribution in [0.25, 0.3) is 0 Å². The number of hydrogen-bond acceptors (Lipinski definition) is 4. The van der Waals surface area contributed by atoms with Crippen LogP contribution in [0.2, 0.25) is 0 Å². The van der Waals surface area contributed by atoms with Gasteiger partial charge in [0, 0.05) is 0 Å². The van der Waals surface area contributed by atoms with E-state index in [0.29, 0.717) is 12.2 Å². The lowest BCUT2D eigenvalue weighted by Gasteiger charge is -2.15. The average Bonchev–Trinajstić information content (AvgIpc) is 2.35. The van der Waals surface area contributed by atoms with Crippen LogP contribution >= 0.6 is 0 Å². The predicted molar refractivity (Wildman–Crippen MR) is 60.1 cm³/mol. The third-order valence-corrected chi connectivity index (χ3v) is 2.19. The van der Waals surface area contributed by atoms with Crippen molar-refractivity contribution in [1.82, 2.24) is 0 Å². The first-order chi connectivity index (χ1) is 8.08. The van der Waals surface area contributed by atoms with Crippen LogP contribution in [0.4, 0.5) is 0 Å². The molecule has 1 aromatic carbocycles. The van der Waals surface area contributed by atoms with Crippen molar-refractivity contribution in [2.24, 2.45) is 0 Å². The van der Waals surface area contributed by atoms with Gasteiger partial charge in [0.2, 0.25) is 0 Å². The first-order valence-corrected chi connectivity index (χ1v) is 5.16. The van der Waals surface area contributed by atoms with E-state index in [2.05, 4.69) is 4.74 Å². The molecule has 0 saturated carbocycles. The molecule has 0 aliphatic carbocycles. The molecule has 1 aromatic rings. The molecule has 0 bridgehead atoms. The van der Waals surface area contributed by atoms with Crippen molar-refractivity contribution in [2.45, 2.75) is 19.4 Å². The first-order valence-electron chi connectivity index (χ1n) is 5.16. The van der Waals surface area contributed by atoms with Crippen LogP contribution in [-0.2, 0) is 9.53 Å². The van der Waals surface area contributed by atoms with Crippen molar-refractivity contribution in [2.75, 3.05) is 7.11 Å². The molecule has 17 heavy (non-hydrogen) atoms. The van der Waals surface area contributed by atoms with Gasteiger partial charge in [-0.15, -0.1) is 0 Å². The zero-order chi connectivity index (χ0) is 12.8. The van der Waals surface area contributed by atoms with Crippen LogP contribution in [0.15, 0.2) is 24.3 Å². The molecule has 1 rings (SSSR count). The quantitative estimate of drug-likeness (QED) is 0.790. The second-order valence-electron chi connectivity index (χ2n) is 3.37. The van der Waals surface area contributed by atoms with Gasteiger partial charge < -0.3 is 14.6 Å². The maximum absolute atomic E-state index is 11.3. The summed E-state index contributed by atoms with van der Waals surface area (Å²) in [5.41, 5.74) is 0.113. The number of hydrogen-bond donors (Lipinski definition) is 1. The summed E-state index contributed by atoms with van der Waals surface area (Å²) >= 11 is 0. The number of esters is 1. The Morgan fingerprint density at radius 1 is 1.41 bits per heavy atom. The molecule has 92 valence electrons. The monoisotopic (exact) mass is 238 g/mol. The van der Waals surface area contributed by atoms with E-state index in [1.54, 1.807) is 19.1 Å². The van der Waals surface area contributed by atoms with E-state index >= 15 is 0 Å². The normalized spacial score (nSPS) is 11.6. The molecule has 1 unspecified atom stereocenters. The number of aromatic carboxylic acids is 1. The summed E-state index contributed by atoms with van der Waals surface area (Å²) in [5, 5.41) is 8.81. The van der Waals surface area contributed by atoms with Crippen LogP contribution in [0.3, 0.4) is 0 Å². The Balaban J connectivity index is 2.83. The summed E-state index contributed by atoms with van der Waals surface area (Å²) in [4.78, 5) is 22.1. The number of rotatable bonds is 5. The Hall–Kier alpha value is -2.04. The molecule has 1 N–H and O–H groups in total. The van der Waals surface area contributed by atoms with Gasteiger partial charge in [0.05, 0.1) is 12.7 Å². The fourth-order valence-corrected chi connectivity index (χ4v) is 1.30. The smallest absolute Gasteiger partial charge is 0.347 e. The Labute approximate surface area is 99.0 Å². The number of carboxylic acids is 1. The fourth-order valence-electron chi connectivity index (χ4n) is 1.30.